The molecule has 4 amide bonds. The van der Waals surface area contributed by atoms with Gasteiger partial charge in [0.1, 0.15) is 33.6 Å². The summed E-state index contributed by atoms with van der Waals surface area (Å²) < 4.78 is 41.3. The molecule has 3 heterocycles. The minimum absolute atomic E-state index is 0.130. The maximum Gasteiger partial charge on any atom is 0.410 e. The molecular formula is C72H106N4O14. The second-order valence-corrected chi connectivity index (χ2v) is 30.9. The third-order valence-electron chi connectivity index (χ3n) is 15.7. The normalized spacial score (nSPS) is 18.9. The van der Waals surface area contributed by atoms with Crippen molar-refractivity contribution in [1.82, 2.24) is 20.0 Å². The fraction of sp³-hybridized carbons (Fsp3) is 0.653. The number of rotatable bonds is 21. The molecule has 3 saturated heterocycles. The number of nitrogens with zero attached hydrogens (tertiary/aromatic N) is 3. The Bertz CT molecular complexity index is 2950. The standard InChI is InChI=1S/C72H106N4O14/c1-67(2,3)85-61(78)57(53-28-32-74(43-53)64(81)88-70(10,11)12)40-48-23-19-22-47(36-48)39-56(52-27-21-25-50(38-52)42-59(63(80)87-69(7,8)9)55-30-34-76(45-55)66(83)90-72(16,17)18)60(77)73-31-35-84-46-51-26-20-24-49(37-51)41-58(62(79)86-68(4,5)6)54-29-33-75(44-54)65(82)89-71(13,14)15/h19-27,36-38,53-59H,28-35,39-46H2,1-18H3,(H,73,77)/t53-,54-,55-,56?,57-,58-,59-/m0/s1. The summed E-state index contributed by atoms with van der Waals surface area (Å²) in [7, 11) is 0. The third kappa shape index (κ3) is 23.8. The van der Waals surface area contributed by atoms with Crippen LogP contribution in [0.4, 0.5) is 14.4 Å². The summed E-state index contributed by atoms with van der Waals surface area (Å²) in [5.41, 5.74) is 0.935. The zero-order chi connectivity index (χ0) is 66.7. The van der Waals surface area contributed by atoms with Gasteiger partial charge < -0.3 is 53.2 Å². The van der Waals surface area contributed by atoms with Gasteiger partial charge in [-0.25, -0.2) is 14.4 Å². The highest BCUT2D eigenvalue weighted by Gasteiger charge is 2.43. The minimum Gasteiger partial charge on any atom is -0.460 e. The van der Waals surface area contributed by atoms with Crippen LogP contribution < -0.4 is 5.32 Å². The fourth-order valence-electron chi connectivity index (χ4n) is 11.9. The van der Waals surface area contributed by atoms with Crippen molar-refractivity contribution >= 4 is 42.1 Å². The quantitative estimate of drug-likeness (QED) is 0.0598. The Balaban J connectivity index is 1.22. The molecule has 18 nitrogen and oxygen atoms in total. The van der Waals surface area contributed by atoms with Crippen LogP contribution in [-0.4, -0.2) is 143 Å². The molecular weight excluding hydrogens is 1140 g/mol. The first kappa shape index (κ1) is 72.4. The van der Waals surface area contributed by atoms with Gasteiger partial charge in [0.25, 0.3) is 0 Å². The van der Waals surface area contributed by atoms with E-state index in [0.717, 1.165) is 33.4 Å². The van der Waals surface area contributed by atoms with Gasteiger partial charge >= 0.3 is 36.2 Å². The summed E-state index contributed by atoms with van der Waals surface area (Å²) in [6.45, 7) is 36.1. The molecule has 3 aliphatic rings. The Morgan fingerprint density at radius 3 is 1.09 bits per heavy atom. The lowest BCUT2D eigenvalue weighted by Gasteiger charge is -2.28. The van der Waals surface area contributed by atoms with Crippen molar-refractivity contribution in [2.24, 2.45) is 35.5 Å². The Hall–Kier alpha value is -6.69. The van der Waals surface area contributed by atoms with Crippen molar-refractivity contribution in [3.63, 3.8) is 0 Å². The van der Waals surface area contributed by atoms with Gasteiger partial charge in [-0.1, -0.05) is 72.8 Å². The molecule has 0 aromatic heterocycles. The second-order valence-electron chi connectivity index (χ2n) is 30.9. The van der Waals surface area contributed by atoms with E-state index in [1.165, 1.54) is 0 Å². The number of nitrogens with one attached hydrogen (secondary N) is 1. The number of ether oxygens (including phenoxy) is 7. The number of hydrogen-bond donors (Lipinski definition) is 1. The summed E-state index contributed by atoms with van der Waals surface area (Å²) in [6.07, 6.45) is 1.94. The third-order valence-corrected chi connectivity index (χ3v) is 15.7. The van der Waals surface area contributed by atoms with Crippen molar-refractivity contribution in [3.8, 4) is 0 Å². The number of esters is 3. The van der Waals surface area contributed by atoms with E-state index < -0.39 is 75.6 Å². The van der Waals surface area contributed by atoms with Gasteiger partial charge in [-0.05, 0) is 221 Å². The van der Waals surface area contributed by atoms with Gasteiger partial charge in [0.2, 0.25) is 5.91 Å². The molecule has 6 rings (SSSR count). The summed E-state index contributed by atoms with van der Waals surface area (Å²) in [5.74, 6) is -4.14. The average molecular weight is 1250 g/mol. The molecule has 18 heteroatoms. The Kier molecular flexibility index (Phi) is 24.3. The van der Waals surface area contributed by atoms with E-state index in [0.29, 0.717) is 77.8 Å². The van der Waals surface area contributed by atoms with Gasteiger partial charge in [0.15, 0.2) is 0 Å². The highest BCUT2D eigenvalue weighted by atomic mass is 16.6. The molecule has 3 aromatic carbocycles. The van der Waals surface area contributed by atoms with E-state index in [-0.39, 0.29) is 67.7 Å². The summed E-state index contributed by atoms with van der Waals surface area (Å²) in [4.78, 5) is 102. The Morgan fingerprint density at radius 1 is 0.422 bits per heavy atom. The van der Waals surface area contributed by atoms with E-state index in [4.69, 9.17) is 33.2 Å². The molecule has 0 aliphatic carbocycles. The van der Waals surface area contributed by atoms with E-state index in [2.05, 4.69) is 5.32 Å². The van der Waals surface area contributed by atoms with Crippen LogP contribution in [0.15, 0.2) is 72.8 Å². The van der Waals surface area contributed by atoms with Crippen LogP contribution in [-0.2, 0) is 84.6 Å². The number of carbonyl (C=O) groups is 7. The van der Waals surface area contributed by atoms with Crippen molar-refractivity contribution in [3.05, 3.63) is 106 Å². The molecule has 1 N–H and O–H groups in total. The van der Waals surface area contributed by atoms with Gasteiger partial charge in [0, 0.05) is 45.8 Å². The number of hydrogen-bond acceptors (Lipinski definition) is 14. The topological polar surface area (TPSA) is 206 Å². The largest absolute Gasteiger partial charge is 0.460 e. The van der Waals surface area contributed by atoms with Gasteiger partial charge in [0.05, 0.1) is 36.9 Å². The molecule has 0 saturated carbocycles. The van der Waals surface area contributed by atoms with E-state index >= 15 is 0 Å². The van der Waals surface area contributed by atoms with Crippen LogP contribution in [0.2, 0.25) is 0 Å². The SMILES string of the molecule is CC(C)(C)OC(=O)[C@@H](Cc1cccc(COCCNC(=O)C(Cc2cccc(C[C@H](C(=O)OC(C)(C)C)[C@H]3CCN(C(=O)OC(C)(C)C)C3)c2)c2cccc(C[C@H](C(=O)OC(C)(C)C)[C@H]3CCN(C(=O)OC(C)(C)C)C3)c2)c1)[C@H]1CCN(C(=O)OC(C)(C)C)C1. The summed E-state index contributed by atoms with van der Waals surface area (Å²) in [5, 5.41) is 3.16. The molecule has 90 heavy (non-hydrogen) atoms. The summed E-state index contributed by atoms with van der Waals surface area (Å²) >= 11 is 0. The van der Waals surface area contributed by atoms with Crippen LogP contribution in [0, 0.1) is 35.5 Å². The van der Waals surface area contributed by atoms with E-state index in [9.17, 15) is 33.6 Å². The van der Waals surface area contributed by atoms with Crippen molar-refractivity contribution in [1.29, 1.82) is 0 Å². The number of benzene rings is 3. The number of amides is 4. The number of carbonyl (C=O) groups excluding carboxylic acids is 7. The molecule has 1 unspecified atom stereocenters. The monoisotopic (exact) mass is 1250 g/mol. The van der Waals surface area contributed by atoms with Gasteiger partial charge in [-0.3, -0.25) is 19.2 Å². The van der Waals surface area contributed by atoms with Crippen molar-refractivity contribution in [2.45, 2.75) is 216 Å². The van der Waals surface area contributed by atoms with Crippen LogP contribution in [0.25, 0.3) is 0 Å². The lowest BCUT2D eigenvalue weighted by Crippen LogP contribution is -2.38. The maximum absolute atomic E-state index is 14.9. The highest BCUT2D eigenvalue weighted by molar-refractivity contribution is 5.84. The van der Waals surface area contributed by atoms with Crippen molar-refractivity contribution in [2.75, 3.05) is 52.4 Å². The molecule has 3 fully saturated rings. The van der Waals surface area contributed by atoms with Crippen molar-refractivity contribution < 1.29 is 66.7 Å². The predicted octanol–water partition coefficient (Wildman–Crippen LogP) is 12.6. The Morgan fingerprint density at radius 2 is 0.733 bits per heavy atom. The molecule has 3 aromatic rings. The minimum atomic E-state index is -0.756. The first-order chi connectivity index (χ1) is 41.7. The Labute approximate surface area is 536 Å². The smallest absolute Gasteiger partial charge is 0.410 e. The van der Waals surface area contributed by atoms with Gasteiger partial charge in [-0.15, -0.1) is 0 Å². The first-order valence-electron chi connectivity index (χ1n) is 32.4. The fourth-order valence-corrected chi connectivity index (χ4v) is 11.9. The first-order valence-corrected chi connectivity index (χ1v) is 32.4. The maximum atomic E-state index is 14.9. The zero-order valence-corrected chi connectivity index (χ0v) is 57.3. The molecule has 3 aliphatic heterocycles. The lowest BCUT2D eigenvalue weighted by atomic mass is 9.83. The van der Waals surface area contributed by atoms with Crippen LogP contribution in [0.1, 0.15) is 183 Å². The molecule has 7 atom stereocenters. The zero-order valence-electron chi connectivity index (χ0n) is 57.3. The predicted molar refractivity (Wildman–Crippen MR) is 345 cm³/mol. The molecule has 498 valence electrons. The van der Waals surface area contributed by atoms with Crippen LogP contribution in [0.3, 0.4) is 0 Å². The number of likely N-dealkylation sites (tertiary alicyclic amines) is 3. The summed E-state index contributed by atoms with van der Waals surface area (Å²) in [6, 6.07) is 23.6. The van der Waals surface area contributed by atoms with Crippen LogP contribution >= 0.6 is 0 Å². The van der Waals surface area contributed by atoms with E-state index in [1.807, 2.05) is 197 Å². The second kappa shape index (κ2) is 30.2. The lowest BCUT2D eigenvalue weighted by molar-refractivity contribution is -0.163. The molecule has 0 bridgehead atoms. The van der Waals surface area contributed by atoms with E-state index in [1.54, 1.807) is 14.7 Å². The van der Waals surface area contributed by atoms with Crippen LogP contribution in [0.5, 0.6) is 0 Å². The molecule has 0 spiro atoms. The highest BCUT2D eigenvalue weighted by Crippen LogP contribution is 2.36. The van der Waals surface area contributed by atoms with Gasteiger partial charge in [-0.2, -0.15) is 0 Å². The molecule has 0 radical (unpaired) electrons. The average Bonchev–Trinajstić information content (AvgIpc) is 1.62.